The van der Waals surface area contributed by atoms with Crippen molar-refractivity contribution in [3.05, 3.63) is 64.0 Å². The van der Waals surface area contributed by atoms with E-state index in [1.807, 2.05) is 31.2 Å². The quantitative estimate of drug-likeness (QED) is 0.372. The summed E-state index contributed by atoms with van der Waals surface area (Å²) in [7, 11) is -3.39. The maximum absolute atomic E-state index is 12.6. The van der Waals surface area contributed by atoms with Crippen molar-refractivity contribution in [2.75, 3.05) is 18.4 Å². The molecule has 9 heteroatoms. The van der Waals surface area contributed by atoms with E-state index in [1.54, 1.807) is 23.7 Å². The van der Waals surface area contributed by atoms with Gasteiger partial charge in [-0.15, -0.1) is 11.3 Å². The standard InChI is InChI=1S/C19H21N3O3S3/c1-14-7-2-3-8-15(14)18(23)16-13-21-19(27-16)20-10-4-5-11-22-28(24,25)17-9-6-12-26-17/h2-3,6-9,12-13,22H,4-5,10-11H2,1H3,(H,20,21). The molecule has 2 heterocycles. The van der Waals surface area contributed by atoms with E-state index in [1.165, 1.54) is 22.7 Å². The molecule has 0 radical (unpaired) electrons. The number of hydrogen-bond donors (Lipinski definition) is 2. The molecule has 0 saturated carbocycles. The van der Waals surface area contributed by atoms with Gasteiger partial charge in [-0.05, 0) is 36.8 Å². The monoisotopic (exact) mass is 435 g/mol. The maximum Gasteiger partial charge on any atom is 0.250 e. The fourth-order valence-electron chi connectivity index (χ4n) is 2.56. The minimum Gasteiger partial charge on any atom is -0.362 e. The molecule has 28 heavy (non-hydrogen) atoms. The maximum atomic E-state index is 12.6. The van der Waals surface area contributed by atoms with Crippen molar-refractivity contribution in [3.8, 4) is 0 Å². The highest BCUT2D eigenvalue weighted by atomic mass is 32.2. The summed E-state index contributed by atoms with van der Waals surface area (Å²) in [6.07, 6.45) is 3.09. The molecule has 0 aliphatic heterocycles. The molecule has 3 rings (SSSR count). The fourth-order valence-corrected chi connectivity index (χ4v) is 5.47. The van der Waals surface area contributed by atoms with Gasteiger partial charge in [0.25, 0.3) is 0 Å². The second-order valence-corrected chi connectivity index (χ2v) is 10.1. The minimum absolute atomic E-state index is 0.0216. The third-order valence-corrected chi connectivity index (χ3v) is 7.86. The molecule has 0 aliphatic rings. The molecular weight excluding hydrogens is 414 g/mol. The van der Waals surface area contributed by atoms with Crippen LogP contribution in [0, 0.1) is 6.92 Å². The Hall–Kier alpha value is -2.07. The van der Waals surface area contributed by atoms with Crippen LogP contribution in [0.3, 0.4) is 0 Å². The fraction of sp³-hybridized carbons (Fsp3) is 0.263. The molecule has 0 atom stereocenters. The lowest BCUT2D eigenvalue weighted by molar-refractivity contribution is 0.104. The van der Waals surface area contributed by atoms with Crippen LogP contribution in [-0.2, 0) is 10.0 Å². The van der Waals surface area contributed by atoms with Crippen molar-refractivity contribution in [2.24, 2.45) is 0 Å². The molecule has 148 valence electrons. The van der Waals surface area contributed by atoms with E-state index in [9.17, 15) is 13.2 Å². The van der Waals surface area contributed by atoms with Crippen LogP contribution in [-0.4, -0.2) is 32.3 Å². The normalized spacial score (nSPS) is 11.5. The van der Waals surface area contributed by atoms with Crippen LogP contribution in [0.1, 0.15) is 33.6 Å². The van der Waals surface area contributed by atoms with Gasteiger partial charge < -0.3 is 5.32 Å². The summed E-state index contributed by atoms with van der Waals surface area (Å²) in [5.41, 5.74) is 1.64. The number of benzene rings is 1. The molecular formula is C19H21N3O3S3. The number of carbonyl (C=O) groups is 1. The molecule has 0 unspecified atom stereocenters. The zero-order valence-electron chi connectivity index (χ0n) is 15.3. The lowest BCUT2D eigenvalue weighted by Crippen LogP contribution is -2.24. The Morgan fingerprint density at radius 1 is 1.11 bits per heavy atom. The number of nitrogens with zero attached hydrogens (tertiary/aromatic N) is 1. The summed E-state index contributed by atoms with van der Waals surface area (Å²) in [6.45, 7) is 2.96. The van der Waals surface area contributed by atoms with Crippen molar-refractivity contribution < 1.29 is 13.2 Å². The number of anilines is 1. The van der Waals surface area contributed by atoms with Gasteiger partial charge >= 0.3 is 0 Å². The summed E-state index contributed by atoms with van der Waals surface area (Å²) in [5, 5.41) is 5.62. The average Bonchev–Trinajstić information content (AvgIpc) is 3.37. The third-order valence-electron chi connectivity index (χ3n) is 4.05. The second-order valence-electron chi connectivity index (χ2n) is 6.14. The van der Waals surface area contributed by atoms with Crippen LogP contribution in [0.15, 0.2) is 52.2 Å². The van der Waals surface area contributed by atoms with Gasteiger partial charge in [-0.1, -0.05) is 41.7 Å². The number of nitrogens with one attached hydrogen (secondary N) is 2. The average molecular weight is 436 g/mol. The molecule has 0 amide bonds. The Morgan fingerprint density at radius 2 is 1.89 bits per heavy atom. The van der Waals surface area contributed by atoms with Crippen LogP contribution in [0.25, 0.3) is 0 Å². The molecule has 0 spiro atoms. The Kier molecular flexibility index (Phi) is 6.95. The summed E-state index contributed by atoms with van der Waals surface area (Å²) < 4.78 is 26.9. The second kappa shape index (κ2) is 9.42. The summed E-state index contributed by atoms with van der Waals surface area (Å²) in [4.78, 5) is 17.4. The van der Waals surface area contributed by atoms with Crippen LogP contribution >= 0.6 is 22.7 Å². The number of sulfonamides is 1. The van der Waals surface area contributed by atoms with Crippen molar-refractivity contribution in [1.29, 1.82) is 0 Å². The minimum atomic E-state index is -3.39. The third kappa shape index (κ3) is 5.26. The van der Waals surface area contributed by atoms with Crippen LogP contribution in [0.2, 0.25) is 0 Å². The zero-order chi connectivity index (χ0) is 20.0. The number of thiazole rings is 1. The van der Waals surface area contributed by atoms with Gasteiger partial charge in [0, 0.05) is 18.7 Å². The smallest absolute Gasteiger partial charge is 0.250 e. The van der Waals surface area contributed by atoms with Crippen LogP contribution in [0.5, 0.6) is 0 Å². The van der Waals surface area contributed by atoms with E-state index in [0.29, 0.717) is 39.3 Å². The van der Waals surface area contributed by atoms with Gasteiger partial charge in [-0.2, -0.15) is 0 Å². The molecule has 0 aliphatic carbocycles. The highest BCUT2D eigenvalue weighted by molar-refractivity contribution is 7.91. The van der Waals surface area contributed by atoms with Gasteiger partial charge in [-0.3, -0.25) is 4.79 Å². The van der Waals surface area contributed by atoms with Crippen LogP contribution < -0.4 is 10.0 Å². The Morgan fingerprint density at radius 3 is 2.64 bits per heavy atom. The van der Waals surface area contributed by atoms with E-state index in [2.05, 4.69) is 15.0 Å². The molecule has 2 N–H and O–H groups in total. The van der Waals surface area contributed by atoms with Crippen molar-refractivity contribution in [3.63, 3.8) is 0 Å². The van der Waals surface area contributed by atoms with Gasteiger partial charge in [0.05, 0.1) is 11.1 Å². The zero-order valence-corrected chi connectivity index (χ0v) is 17.8. The van der Waals surface area contributed by atoms with E-state index in [4.69, 9.17) is 0 Å². The number of thiophene rings is 1. The first-order valence-corrected chi connectivity index (χ1v) is 12.0. The van der Waals surface area contributed by atoms with Gasteiger partial charge in [0.1, 0.15) is 4.21 Å². The largest absolute Gasteiger partial charge is 0.362 e. The molecule has 0 bridgehead atoms. The molecule has 3 aromatic rings. The van der Waals surface area contributed by atoms with E-state index in [0.717, 1.165) is 12.0 Å². The van der Waals surface area contributed by atoms with E-state index < -0.39 is 10.0 Å². The Bertz CT molecular complexity index is 1030. The number of aryl methyl sites for hydroxylation is 1. The molecule has 1 aromatic carbocycles. The SMILES string of the molecule is Cc1ccccc1C(=O)c1cnc(NCCCCNS(=O)(=O)c2cccs2)s1. The summed E-state index contributed by atoms with van der Waals surface area (Å²) >= 11 is 2.53. The molecule has 0 fully saturated rings. The van der Waals surface area contributed by atoms with Gasteiger partial charge in [0.15, 0.2) is 5.13 Å². The van der Waals surface area contributed by atoms with E-state index in [-0.39, 0.29) is 5.78 Å². The van der Waals surface area contributed by atoms with Crippen molar-refractivity contribution in [2.45, 2.75) is 24.0 Å². The number of aromatic nitrogens is 1. The van der Waals surface area contributed by atoms with Gasteiger partial charge in [0.2, 0.25) is 15.8 Å². The molecule has 2 aromatic heterocycles. The van der Waals surface area contributed by atoms with Crippen LogP contribution in [0.4, 0.5) is 5.13 Å². The molecule has 6 nitrogen and oxygen atoms in total. The highest BCUT2D eigenvalue weighted by Crippen LogP contribution is 2.22. The van der Waals surface area contributed by atoms with Crippen molar-refractivity contribution in [1.82, 2.24) is 9.71 Å². The van der Waals surface area contributed by atoms with Crippen molar-refractivity contribution >= 4 is 43.6 Å². The summed E-state index contributed by atoms with van der Waals surface area (Å²) in [5.74, 6) is -0.0216. The number of hydrogen-bond acceptors (Lipinski definition) is 7. The Labute approximate surface area is 172 Å². The predicted molar refractivity (Wildman–Crippen MR) is 114 cm³/mol. The topological polar surface area (TPSA) is 88.2 Å². The number of unbranched alkanes of at least 4 members (excludes halogenated alkanes) is 1. The first kappa shape index (κ1) is 20.7. The highest BCUT2D eigenvalue weighted by Gasteiger charge is 2.15. The number of ketones is 1. The van der Waals surface area contributed by atoms with E-state index >= 15 is 0 Å². The number of carbonyl (C=O) groups excluding carboxylic acids is 1. The first-order valence-electron chi connectivity index (χ1n) is 8.80. The molecule has 0 saturated heterocycles. The lowest BCUT2D eigenvalue weighted by atomic mass is 10.0. The van der Waals surface area contributed by atoms with Gasteiger partial charge in [-0.25, -0.2) is 18.1 Å². The first-order chi connectivity index (χ1) is 13.5. The predicted octanol–water partition coefficient (Wildman–Crippen LogP) is 3.91. The summed E-state index contributed by atoms with van der Waals surface area (Å²) in [6, 6.07) is 10.8. The number of rotatable bonds is 10. The Balaban J connectivity index is 1.42. The lowest BCUT2D eigenvalue weighted by Gasteiger charge is -2.05.